The van der Waals surface area contributed by atoms with Gasteiger partial charge in [0, 0.05) is 12.7 Å². The van der Waals surface area contributed by atoms with Gasteiger partial charge in [0.15, 0.2) is 5.65 Å². The monoisotopic (exact) mass is 291 g/mol. The first-order valence-corrected chi connectivity index (χ1v) is 5.81. The van der Waals surface area contributed by atoms with Crippen molar-refractivity contribution in [2.75, 3.05) is 19.1 Å². The number of hydrogen-bond acceptors (Lipinski definition) is 5. The lowest BCUT2D eigenvalue weighted by Crippen LogP contribution is -2.11. The number of methoxy groups -OCH3 is 1. The molecule has 0 aliphatic rings. The van der Waals surface area contributed by atoms with Crippen LogP contribution in [0.1, 0.15) is 0 Å². The van der Waals surface area contributed by atoms with E-state index in [0.717, 1.165) is 28.3 Å². The maximum absolute atomic E-state index is 5.15. The Morgan fingerprint density at radius 3 is 2.60 bits per heavy atom. The normalized spacial score (nSPS) is 10.1. The average Bonchev–Trinajstić information content (AvgIpc) is 2.95. The van der Waals surface area contributed by atoms with Crippen LogP contribution in [0.25, 0.3) is 11.0 Å². The van der Waals surface area contributed by atoms with Crippen LogP contribution < -0.4 is 9.64 Å². The van der Waals surface area contributed by atoms with Crippen molar-refractivity contribution in [1.29, 1.82) is 0 Å². The SMILES string of the molecule is COc1ccc(N(C)c2ncnc3[nH]ncc23)cc1.Cl. The van der Waals surface area contributed by atoms with E-state index in [-0.39, 0.29) is 12.4 Å². The molecule has 3 rings (SSSR count). The van der Waals surface area contributed by atoms with Crippen molar-refractivity contribution in [2.45, 2.75) is 0 Å². The van der Waals surface area contributed by atoms with Crippen molar-refractivity contribution in [3.05, 3.63) is 36.8 Å². The lowest BCUT2D eigenvalue weighted by molar-refractivity contribution is 0.415. The molecule has 0 atom stereocenters. The third kappa shape index (κ3) is 2.37. The molecule has 0 aliphatic carbocycles. The molecule has 0 radical (unpaired) electrons. The number of ether oxygens (including phenoxy) is 1. The Kier molecular flexibility index (Phi) is 4.05. The highest BCUT2D eigenvalue weighted by molar-refractivity contribution is 5.88. The highest BCUT2D eigenvalue weighted by Gasteiger charge is 2.11. The van der Waals surface area contributed by atoms with E-state index in [0.29, 0.717) is 0 Å². The summed E-state index contributed by atoms with van der Waals surface area (Å²) in [6, 6.07) is 7.79. The number of fused-ring (bicyclic) bond motifs is 1. The molecule has 0 spiro atoms. The molecule has 0 aliphatic heterocycles. The van der Waals surface area contributed by atoms with Crippen LogP contribution >= 0.6 is 12.4 Å². The van der Waals surface area contributed by atoms with Crippen molar-refractivity contribution in [3.63, 3.8) is 0 Å². The Morgan fingerprint density at radius 1 is 1.15 bits per heavy atom. The predicted molar refractivity (Wildman–Crippen MR) is 80.0 cm³/mol. The predicted octanol–water partition coefficient (Wildman–Crippen LogP) is 2.55. The lowest BCUT2D eigenvalue weighted by atomic mass is 10.2. The number of benzene rings is 1. The molecule has 0 saturated heterocycles. The standard InChI is InChI=1S/C13H13N5O.ClH/c1-18(9-3-5-10(19-2)6-4-9)13-11-7-16-17-12(11)14-8-15-13;/h3-8H,1-2H3,(H,14,15,16,17);1H. The number of nitrogens with zero attached hydrogens (tertiary/aromatic N) is 4. The number of halogens is 1. The smallest absolute Gasteiger partial charge is 0.160 e. The van der Waals surface area contributed by atoms with E-state index in [1.165, 1.54) is 6.33 Å². The van der Waals surface area contributed by atoms with Crippen LogP contribution in [0, 0.1) is 0 Å². The summed E-state index contributed by atoms with van der Waals surface area (Å²) in [6.07, 6.45) is 3.25. The fourth-order valence-corrected chi connectivity index (χ4v) is 1.95. The van der Waals surface area contributed by atoms with Crippen molar-refractivity contribution in [2.24, 2.45) is 0 Å². The third-order valence-corrected chi connectivity index (χ3v) is 3.00. The van der Waals surface area contributed by atoms with Gasteiger partial charge in [0.05, 0.1) is 18.7 Å². The molecular formula is C13H14ClN5O. The van der Waals surface area contributed by atoms with Gasteiger partial charge in [0.1, 0.15) is 17.9 Å². The number of anilines is 2. The molecule has 0 bridgehead atoms. The van der Waals surface area contributed by atoms with Gasteiger partial charge in [-0.1, -0.05) is 0 Å². The Balaban J connectivity index is 0.00000147. The van der Waals surface area contributed by atoms with Gasteiger partial charge in [-0.25, -0.2) is 9.97 Å². The minimum absolute atomic E-state index is 0. The van der Waals surface area contributed by atoms with Crippen LogP contribution in [-0.4, -0.2) is 34.3 Å². The number of H-pyrrole nitrogens is 1. The van der Waals surface area contributed by atoms with Gasteiger partial charge in [-0.05, 0) is 24.3 Å². The fraction of sp³-hybridized carbons (Fsp3) is 0.154. The molecule has 0 amide bonds. The highest BCUT2D eigenvalue weighted by Crippen LogP contribution is 2.28. The van der Waals surface area contributed by atoms with E-state index in [9.17, 15) is 0 Å². The van der Waals surface area contributed by atoms with Gasteiger partial charge >= 0.3 is 0 Å². The quantitative estimate of drug-likeness (QED) is 0.803. The van der Waals surface area contributed by atoms with Crippen LogP contribution in [-0.2, 0) is 0 Å². The van der Waals surface area contributed by atoms with Gasteiger partial charge in [-0.3, -0.25) is 5.10 Å². The molecule has 1 N–H and O–H groups in total. The Bertz CT molecular complexity index is 697. The van der Waals surface area contributed by atoms with Gasteiger partial charge in [-0.2, -0.15) is 5.10 Å². The average molecular weight is 292 g/mol. The second kappa shape index (κ2) is 5.75. The summed E-state index contributed by atoms with van der Waals surface area (Å²) in [4.78, 5) is 10.4. The molecule has 0 fully saturated rings. The zero-order valence-electron chi connectivity index (χ0n) is 11.1. The molecule has 0 saturated carbocycles. The first-order chi connectivity index (χ1) is 9.29. The molecule has 6 nitrogen and oxygen atoms in total. The van der Waals surface area contributed by atoms with Crippen LogP contribution in [0.5, 0.6) is 5.75 Å². The minimum Gasteiger partial charge on any atom is -0.497 e. The molecule has 3 aromatic rings. The molecule has 2 aromatic heterocycles. The number of aromatic nitrogens is 4. The molecule has 2 heterocycles. The zero-order chi connectivity index (χ0) is 13.2. The third-order valence-electron chi connectivity index (χ3n) is 3.00. The first kappa shape index (κ1) is 14.1. The summed E-state index contributed by atoms with van der Waals surface area (Å²) >= 11 is 0. The molecule has 20 heavy (non-hydrogen) atoms. The zero-order valence-corrected chi connectivity index (χ0v) is 11.9. The lowest BCUT2D eigenvalue weighted by Gasteiger charge is -2.18. The number of rotatable bonds is 3. The van der Waals surface area contributed by atoms with E-state index in [1.54, 1.807) is 13.3 Å². The van der Waals surface area contributed by atoms with Crippen molar-refractivity contribution < 1.29 is 4.74 Å². The molecule has 104 valence electrons. The van der Waals surface area contributed by atoms with E-state index < -0.39 is 0 Å². The topological polar surface area (TPSA) is 66.9 Å². The van der Waals surface area contributed by atoms with Gasteiger partial charge in [0.2, 0.25) is 0 Å². The van der Waals surface area contributed by atoms with E-state index in [4.69, 9.17) is 4.74 Å². The number of hydrogen-bond donors (Lipinski definition) is 1. The van der Waals surface area contributed by atoms with E-state index >= 15 is 0 Å². The number of aromatic amines is 1. The van der Waals surface area contributed by atoms with Crippen molar-refractivity contribution >= 4 is 34.9 Å². The fourth-order valence-electron chi connectivity index (χ4n) is 1.95. The van der Waals surface area contributed by atoms with Crippen LogP contribution in [0.15, 0.2) is 36.8 Å². The van der Waals surface area contributed by atoms with Crippen LogP contribution in [0.2, 0.25) is 0 Å². The van der Waals surface area contributed by atoms with E-state index in [1.807, 2.05) is 36.2 Å². The van der Waals surface area contributed by atoms with E-state index in [2.05, 4.69) is 20.2 Å². The van der Waals surface area contributed by atoms with Gasteiger partial charge in [0.25, 0.3) is 0 Å². The largest absolute Gasteiger partial charge is 0.497 e. The first-order valence-electron chi connectivity index (χ1n) is 5.81. The van der Waals surface area contributed by atoms with Gasteiger partial charge < -0.3 is 9.64 Å². The summed E-state index contributed by atoms with van der Waals surface area (Å²) in [5.74, 6) is 1.64. The molecule has 0 unspecified atom stereocenters. The summed E-state index contributed by atoms with van der Waals surface area (Å²) in [7, 11) is 3.61. The number of nitrogens with one attached hydrogen (secondary N) is 1. The van der Waals surface area contributed by atoms with Gasteiger partial charge in [-0.15, -0.1) is 12.4 Å². The molecule has 1 aromatic carbocycles. The van der Waals surface area contributed by atoms with Crippen LogP contribution in [0.4, 0.5) is 11.5 Å². The van der Waals surface area contributed by atoms with Crippen molar-refractivity contribution in [1.82, 2.24) is 20.2 Å². The highest BCUT2D eigenvalue weighted by atomic mass is 35.5. The molecular weight excluding hydrogens is 278 g/mol. The summed E-state index contributed by atoms with van der Waals surface area (Å²) in [5, 5.41) is 7.72. The summed E-state index contributed by atoms with van der Waals surface area (Å²) < 4.78 is 5.15. The van der Waals surface area contributed by atoms with Crippen molar-refractivity contribution in [3.8, 4) is 5.75 Å². The Labute approximate surface area is 122 Å². The Hall–Kier alpha value is -2.34. The maximum Gasteiger partial charge on any atom is 0.160 e. The molecule has 7 heteroatoms. The maximum atomic E-state index is 5.15. The second-order valence-electron chi connectivity index (χ2n) is 4.09. The summed E-state index contributed by atoms with van der Waals surface area (Å²) in [5.41, 5.74) is 1.74. The second-order valence-corrected chi connectivity index (χ2v) is 4.09. The van der Waals surface area contributed by atoms with Crippen LogP contribution in [0.3, 0.4) is 0 Å². The Morgan fingerprint density at radius 2 is 1.90 bits per heavy atom. The summed E-state index contributed by atoms with van der Waals surface area (Å²) in [6.45, 7) is 0. The minimum atomic E-state index is 0.